The Morgan fingerprint density at radius 3 is 1.74 bits per heavy atom. The van der Waals surface area contributed by atoms with Gasteiger partial charge in [-0.2, -0.15) is 0 Å². The molecule has 0 aliphatic heterocycles. The van der Waals surface area contributed by atoms with E-state index in [1.54, 1.807) is 0 Å². The molecule has 34 heavy (non-hydrogen) atoms. The molecule has 0 aliphatic rings. The number of hydrogen-bond acceptors (Lipinski definition) is 8. The number of aliphatic hydroxyl groups is 1. The largest absolute Gasteiger partial charge is 0.466 e. The van der Waals surface area contributed by atoms with Crippen molar-refractivity contribution in [2.24, 2.45) is 0 Å². The molecule has 8 heteroatoms. The first-order chi connectivity index (χ1) is 16.2. The van der Waals surface area contributed by atoms with Crippen LogP contribution in [0.3, 0.4) is 0 Å². The molecule has 0 fully saturated rings. The van der Waals surface area contributed by atoms with Crippen molar-refractivity contribution < 1.29 is 38.5 Å². The maximum absolute atomic E-state index is 12.7. The minimum absolute atomic E-state index is 0.0787. The van der Waals surface area contributed by atoms with Crippen LogP contribution < -0.4 is 0 Å². The number of carbonyl (C=O) groups excluding carboxylic acids is 4. The molecule has 0 radical (unpaired) electrons. The van der Waals surface area contributed by atoms with Crippen LogP contribution in [-0.2, 0) is 33.4 Å². The van der Waals surface area contributed by atoms with Crippen LogP contribution in [0.4, 0.5) is 0 Å². The van der Waals surface area contributed by atoms with Crippen LogP contribution in [0.5, 0.6) is 0 Å². The summed E-state index contributed by atoms with van der Waals surface area (Å²) < 4.78 is 15.6. The topological polar surface area (TPSA) is 116 Å². The van der Waals surface area contributed by atoms with Crippen LogP contribution in [0.2, 0.25) is 0 Å². The van der Waals surface area contributed by atoms with Crippen molar-refractivity contribution >= 4 is 23.7 Å². The number of unbranched alkanes of at least 4 members (excludes halogenated alkanes) is 8. The second kappa shape index (κ2) is 19.4. The number of ketones is 1. The van der Waals surface area contributed by atoms with Gasteiger partial charge in [-0.1, -0.05) is 72.1 Å². The van der Waals surface area contributed by atoms with E-state index in [9.17, 15) is 24.3 Å². The van der Waals surface area contributed by atoms with E-state index >= 15 is 0 Å². The van der Waals surface area contributed by atoms with E-state index in [0.29, 0.717) is 25.7 Å². The predicted octanol–water partition coefficient (Wildman–Crippen LogP) is 4.83. The van der Waals surface area contributed by atoms with Gasteiger partial charge >= 0.3 is 17.9 Å². The molecule has 0 aliphatic carbocycles. The van der Waals surface area contributed by atoms with Crippen molar-refractivity contribution in [2.45, 2.75) is 129 Å². The van der Waals surface area contributed by atoms with E-state index in [1.807, 2.05) is 6.92 Å². The summed E-state index contributed by atoms with van der Waals surface area (Å²) >= 11 is 0. The first kappa shape index (κ1) is 32.0. The Morgan fingerprint density at radius 1 is 0.706 bits per heavy atom. The van der Waals surface area contributed by atoms with E-state index in [-0.39, 0.29) is 19.0 Å². The highest BCUT2D eigenvalue weighted by atomic mass is 16.6. The summed E-state index contributed by atoms with van der Waals surface area (Å²) in [6.45, 7) is 7.73. The van der Waals surface area contributed by atoms with Crippen LogP contribution >= 0.6 is 0 Å². The van der Waals surface area contributed by atoms with Gasteiger partial charge in [0.25, 0.3) is 0 Å². The third-order valence-corrected chi connectivity index (χ3v) is 5.54. The number of Topliss-reactive ketones (excluding diaryl/α,β-unsaturated/α-hetero) is 1. The van der Waals surface area contributed by atoms with E-state index < -0.39 is 42.5 Å². The second-order valence-electron chi connectivity index (χ2n) is 8.95. The summed E-state index contributed by atoms with van der Waals surface area (Å²) in [5, 5.41) is 11.0. The smallest absolute Gasteiger partial charge is 0.339 e. The monoisotopic (exact) mass is 486 g/mol. The fourth-order valence-corrected chi connectivity index (χ4v) is 3.40. The zero-order valence-corrected chi connectivity index (χ0v) is 21.7. The average Bonchev–Trinajstić information content (AvgIpc) is 2.77. The van der Waals surface area contributed by atoms with Gasteiger partial charge in [0, 0.05) is 0 Å². The van der Waals surface area contributed by atoms with Crippen LogP contribution in [0.1, 0.15) is 118 Å². The van der Waals surface area contributed by atoms with Gasteiger partial charge in [-0.3, -0.25) is 14.4 Å². The van der Waals surface area contributed by atoms with Crippen molar-refractivity contribution in [3.05, 3.63) is 0 Å². The van der Waals surface area contributed by atoms with Crippen molar-refractivity contribution in [2.75, 3.05) is 13.2 Å². The molecule has 2 atom stereocenters. The molecule has 2 unspecified atom stereocenters. The molecule has 198 valence electrons. The number of carbonyl (C=O) groups is 4. The molecule has 1 N–H and O–H groups in total. The summed E-state index contributed by atoms with van der Waals surface area (Å²) in [5.41, 5.74) is -2.41. The van der Waals surface area contributed by atoms with Gasteiger partial charge in [0.15, 0.2) is 17.5 Å². The summed E-state index contributed by atoms with van der Waals surface area (Å²) in [6.07, 6.45) is 7.60. The number of rotatable bonds is 21. The molecule has 0 aromatic rings. The van der Waals surface area contributed by atoms with Crippen LogP contribution in [0, 0.1) is 0 Å². The van der Waals surface area contributed by atoms with Crippen molar-refractivity contribution in [1.29, 1.82) is 0 Å². The number of hydrogen-bond donors (Lipinski definition) is 1. The van der Waals surface area contributed by atoms with Crippen molar-refractivity contribution in [3.8, 4) is 0 Å². The standard InChI is InChI=1S/C26H46O8/c1-5-8-11-14-17-32-23(28)19-26(31,25(30)33-18-15-12-9-6-2)20-24(29)34-22(21(4)27)16-13-10-7-3/h22,31H,5-20H2,1-4H3. The third kappa shape index (κ3) is 15.0. The SMILES string of the molecule is CCCCCCOC(=O)CC(O)(CC(=O)OC(CCCCC)C(C)=O)C(=O)OCCCCCC. The lowest BCUT2D eigenvalue weighted by Gasteiger charge is -2.25. The highest BCUT2D eigenvalue weighted by molar-refractivity contribution is 5.91. The van der Waals surface area contributed by atoms with Gasteiger partial charge in [0.2, 0.25) is 0 Å². The van der Waals surface area contributed by atoms with Gasteiger partial charge < -0.3 is 19.3 Å². The highest BCUT2D eigenvalue weighted by Gasteiger charge is 2.44. The molecule has 0 aromatic heterocycles. The zero-order chi connectivity index (χ0) is 25.8. The molecule has 0 amide bonds. The summed E-state index contributed by atoms with van der Waals surface area (Å²) in [5.74, 6) is -3.09. The molecule has 0 saturated heterocycles. The lowest BCUT2D eigenvalue weighted by molar-refractivity contribution is -0.179. The first-order valence-corrected chi connectivity index (χ1v) is 12.9. The van der Waals surface area contributed by atoms with Gasteiger partial charge in [-0.05, 0) is 32.6 Å². The second-order valence-corrected chi connectivity index (χ2v) is 8.95. The summed E-state index contributed by atoms with van der Waals surface area (Å²) in [7, 11) is 0. The highest BCUT2D eigenvalue weighted by Crippen LogP contribution is 2.22. The van der Waals surface area contributed by atoms with Crippen LogP contribution in [-0.4, -0.2) is 53.7 Å². The zero-order valence-electron chi connectivity index (χ0n) is 21.7. The predicted molar refractivity (Wildman–Crippen MR) is 129 cm³/mol. The molecule has 0 saturated carbocycles. The fourth-order valence-electron chi connectivity index (χ4n) is 3.40. The third-order valence-electron chi connectivity index (χ3n) is 5.54. The lowest BCUT2D eigenvalue weighted by atomic mass is 9.95. The Labute approximate surface area is 205 Å². The number of esters is 3. The van der Waals surface area contributed by atoms with Crippen LogP contribution in [0.25, 0.3) is 0 Å². The Morgan fingerprint density at radius 2 is 1.21 bits per heavy atom. The van der Waals surface area contributed by atoms with E-state index in [0.717, 1.165) is 51.4 Å². The molecule has 0 heterocycles. The summed E-state index contributed by atoms with van der Waals surface area (Å²) in [4.78, 5) is 49.4. The summed E-state index contributed by atoms with van der Waals surface area (Å²) in [6, 6.07) is 0. The van der Waals surface area contributed by atoms with Gasteiger partial charge in [-0.25, -0.2) is 4.79 Å². The van der Waals surface area contributed by atoms with Crippen molar-refractivity contribution in [1.82, 2.24) is 0 Å². The quantitative estimate of drug-likeness (QED) is 0.139. The minimum atomic E-state index is -2.41. The molecule has 0 spiro atoms. The molecule has 0 aromatic carbocycles. The fraction of sp³-hybridized carbons (Fsp3) is 0.846. The Balaban J connectivity index is 5.10. The average molecular weight is 487 g/mol. The van der Waals surface area contributed by atoms with Crippen LogP contribution in [0.15, 0.2) is 0 Å². The Kier molecular flexibility index (Phi) is 18.2. The molecular formula is C26H46O8. The van der Waals surface area contributed by atoms with Gasteiger partial charge in [-0.15, -0.1) is 0 Å². The van der Waals surface area contributed by atoms with E-state index in [4.69, 9.17) is 14.2 Å². The van der Waals surface area contributed by atoms with Gasteiger partial charge in [0.1, 0.15) is 0 Å². The van der Waals surface area contributed by atoms with E-state index in [1.165, 1.54) is 6.92 Å². The maximum atomic E-state index is 12.7. The Bertz CT molecular complexity index is 604. The lowest BCUT2D eigenvalue weighted by Crippen LogP contribution is -2.45. The molecular weight excluding hydrogens is 440 g/mol. The van der Waals surface area contributed by atoms with E-state index in [2.05, 4.69) is 13.8 Å². The molecule has 0 bridgehead atoms. The maximum Gasteiger partial charge on any atom is 0.339 e. The van der Waals surface area contributed by atoms with Crippen molar-refractivity contribution in [3.63, 3.8) is 0 Å². The number of ether oxygens (including phenoxy) is 3. The minimum Gasteiger partial charge on any atom is -0.466 e. The van der Waals surface area contributed by atoms with Gasteiger partial charge in [0.05, 0.1) is 26.1 Å². The first-order valence-electron chi connectivity index (χ1n) is 12.9. The molecule has 8 nitrogen and oxygen atoms in total. The normalized spacial score (nSPS) is 13.6. The molecule has 0 rings (SSSR count). The Hall–Kier alpha value is -1.96.